The lowest BCUT2D eigenvalue weighted by molar-refractivity contribution is -0.117. The molecule has 0 aliphatic rings. The smallest absolute Gasteiger partial charge is 0.250 e. The second-order valence-electron chi connectivity index (χ2n) is 6.82. The molecule has 1 atom stereocenters. The minimum absolute atomic E-state index is 0.259. The zero-order valence-electron chi connectivity index (χ0n) is 17.8. The quantitative estimate of drug-likeness (QED) is 0.472. The summed E-state index contributed by atoms with van der Waals surface area (Å²) in [6.07, 6.45) is 1.33. The highest BCUT2D eigenvalue weighted by atomic mass is 35.5. The first-order valence-electron chi connectivity index (χ1n) is 9.85. The topological polar surface area (TPSA) is 101 Å². The van der Waals surface area contributed by atoms with Crippen LogP contribution in [0.3, 0.4) is 0 Å². The Morgan fingerprint density at radius 1 is 1.12 bits per heavy atom. The molecule has 0 unspecified atom stereocenters. The summed E-state index contributed by atoms with van der Waals surface area (Å²) >= 11 is 7.10. The number of carbonyl (C=O) groups excluding carboxylic acids is 1. The van der Waals surface area contributed by atoms with E-state index in [1.165, 1.54) is 11.3 Å². The molecule has 8 nitrogen and oxygen atoms in total. The van der Waals surface area contributed by atoms with Gasteiger partial charge in [0.2, 0.25) is 21.1 Å². The molecule has 1 heterocycles. The number of sulfonamides is 1. The summed E-state index contributed by atoms with van der Waals surface area (Å²) in [6.45, 7) is 4.10. The van der Waals surface area contributed by atoms with Gasteiger partial charge in [-0.2, -0.15) is 0 Å². The third-order valence-electron chi connectivity index (χ3n) is 4.48. The molecule has 0 aliphatic heterocycles. The molecule has 0 saturated heterocycles. The molecular formula is C21H23ClN4O4S2. The van der Waals surface area contributed by atoms with Crippen LogP contribution in [-0.4, -0.2) is 43.4 Å². The fourth-order valence-electron chi connectivity index (χ4n) is 3.09. The van der Waals surface area contributed by atoms with Gasteiger partial charge in [-0.15, -0.1) is 10.2 Å². The van der Waals surface area contributed by atoms with E-state index in [2.05, 4.69) is 15.5 Å². The van der Waals surface area contributed by atoms with Crippen molar-refractivity contribution in [2.45, 2.75) is 26.3 Å². The molecule has 32 heavy (non-hydrogen) atoms. The molecule has 0 radical (unpaired) electrons. The number of hydrogen-bond acceptors (Lipinski definition) is 7. The number of nitrogens with one attached hydrogen (secondary N) is 1. The monoisotopic (exact) mass is 494 g/mol. The predicted octanol–water partition coefficient (Wildman–Crippen LogP) is 4.44. The lowest BCUT2D eigenvalue weighted by atomic mass is 10.2. The maximum absolute atomic E-state index is 13.0. The standard InChI is InChI=1S/C21H23ClN4O4S2/c1-4-18(26(32(3,28)29)16-10-12-17(13-11-16)30-5-2)19(27)23-21-25-24-20(31-21)14-6-8-15(22)9-7-14/h6-13,18H,4-5H2,1-3H3,(H,23,25,27)/t18-/m0/s1. The van der Waals surface area contributed by atoms with E-state index in [9.17, 15) is 13.2 Å². The van der Waals surface area contributed by atoms with E-state index in [1.54, 1.807) is 55.5 Å². The first-order valence-corrected chi connectivity index (χ1v) is 12.9. The number of hydrogen-bond donors (Lipinski definition) is 1. The zero-order chi connectivity index (χ0) is 23.3. The van der Waals surface area contributed by atoms with Crippen molar-refractivity contribution in [1.82, 2.24) is 10.2 Å². The highest BCUT2D eigenvalue weighted by Crippen LogP contribution is 2.29. The molecule has 1 amide bonds. The first kappa shape index (κ1) is 24.0. The average molecular weight is 495 g/mol. The number of amides is 1. The van der Waals surface area contributed by atoms with Crippen molar-refractivity contribution in [2.75, 3.05) is 22.5 Å². The van der Waals surface area contributed by atoms with Crippen LogP contribution in [0.15, 0.2) is 48.5 Å². The number of rotatable bonds is 9. The van der Waals surface area contributed by atoms with Crippen LogP contribution in [0.5, 0.6) is 5.75 Å². The number of nitrogens with zero attached hydrogens (tertiary/aromatic N) is 3. The molecule has 2 aromatic carbocycles. The number of ether oxygens (including phenoxy) is 1. The first-order chi connectivity index (χ1) is 15.2. The molecule has 0 fully saturated rings. The van der Waals surface area contributed by atoms with E-state index in [0.717, 1.165) is 16.1 Å². The summed E-state index contributed by atoms with van der Waals surface area (Å²) in [5.41, 5.74) is 1.18. The molecule has 3 aromatic rings. The van der Waals surface area contributed by atoms with Crippen molar-refractivity contribution >= 4 is 49.7 Å². The van der Waals surface area contributed by atoms with Crippen molar-refractivity contribution in [3.63, 3.8) is 0 Å². The van der Waals surface area contributed by atoms with Crippen LogP contribution >= 0.6 is 22.9 Å². The summed E-state index contributed by atoms with van der Waals surface area (Å²) in [7, 11) is -3.75. The van der Waals surface area contributed by atoms with Crippen LogP contribution in [0, 0.1) is 0 Å². The van der Waals surface area contributed by atoms with Crippen molar-refractivity contribution in [1.29, 1.82) is 0 Å². The Morgan fingerprint density at radius 2 is 1.78 bits per heavy atom. The van der Waals surface area contributed by atoms with Crippen molar-refractivity contribution in [3.8, 4) is 16.3 Å². The Labute approximate surface area is 196 Å². The van der Waals surface area contributed by atoms with Gasteiger partial charge in [-0.05, 0) is 49.7 Å². The molecule has 0 aliphatic carbocycles. The lowest BCUT2D eigenvalue weighted by Gasteiger charge is -2.29. The maximum atomic E-state index is 13.0. The third kappa shape index (κ3) is 5.76. The van der Waals surface area contributed by atoms with Gasteiger partial charge in [0, 0.05) is 10.6 Å². The summed E-state index contributed by atoms with van der Waals surface area (Å²) in [4.78, 5) is 13.0. The molecule has 11 heteroatoms. The number of halogens is 1. The highest BCUT2D eigenvalue weighted by molar-refractivity contribution is 7.92. The lowest BCUT2D eigenvalue weighted by Crippen LogP contribution is -2.47. The Kier molecular flexibility index (Phi) is 7.70. The Balaban J connectivity index is 1.83. The Hall–Kier alpha value is -2.69. The van der Waals surface area contributed by atoms with Gasteiger partial charge in [-0.25, -0.2) is 8.42 Å². The van der Waals surface area contributed by atoms with E-state index in [1.807, 2.05) is 6.92 Å². The predicted molar refractivity (Wildman–Crippen MR) is 128 cm³/mol. The SMILES string of the molecule is CCOc1ccc(N([C@@H](CC)C(=O)Nc2nnc(-c3ccc(Cl)cc3)s2)S(C)(=O)=O)cc1. The molecular weight excluding hydrogens is 472 g/mol. The summed E-state index contributed by atoms with van der Waals surface area (Å²) in [6, 6.07) is 12.7. The minimum atomic E-state index is -3.75. The summed E-state index contributed by atoms with van der Waals surface area (Å²) < 4.78 is 31.7. The van der Waals surface area contributed by atoms with Crippen molar-refractivity contribution in [3.05, 3.63) is 53.6 Å². The summed E-state index contributed by atoms with van der Waals surface area (Å²) in [5, 5.41) is 12.3. The second kappa shape index (κ2) is 10.3. The molecule has 3 rings (SSSR count). The van der Waals surface area contributed by atoms with Gasteiger partial charge in [-0.1, -0.05) is 42.0 Å². The van der Waals surface area contributed by atoms with Gasteiger partial charge in [0.1, 0.15) is 16.8 Å². The van der Waals surface area contributed by atoms with E-state index in [-0.39, 0.29) is 11.6 Å². The molecule has 1 N–H and O–H groups in total. The van der Waals surface area contributed by atoms with Gasteiger partial charge >= 0.3 is 0 Å². The minimum Gasteiger partial charge on any atom is -0.494 e. The Bertz CT molecular complexity index is 1170. The van der Waals surface area contributed by atoms with Crippen LogP contribution < -0.4 is 14.4 Å². The second-order valence-corrected chi connectivity index (χ2v) is 10.1. The molecule has 0 saturated carbocycles. The normalized spacial score (nSPS) is 12.2. The molecule has 0 bridgehead atoms. The average Bonchev–Trinajstić information content (AvgIpc) is 3.21. The van der Waals surface area contributed by atoms with Crippen LogP contribution in [0.4, 0.5) is 10.8 Å². The van der Waals surface area contributed by atoms with Gasteiger partial charge in [0.05, 0.1) is 18.6 Å². The van der Waals surface area contributed by atoms with Crippen molar-refractivity contribution < 1.29 is 17.9 Å². The van der Waals surface area contributed by atoms with E-state index in [4.69, 9.17) is 16.3 Å². The highest BCUT2D eigenvalue weighted by Gasteiger charge is 2.32. The Morgan fingerprint density at radius 3 is 2.34 bits per heavy atom. The summed E-state index contributed by atoms with van der Waals surface area (Å²) in [5.74, 6) is 0.122. The molecule has 1 aromatic heterocycles. The molecule has 0 spiro atoms. The maximum Gasteiger partial charge on any atom is 0.250 e. The largest absolute Gasteiger partial charge is 0.494 e. The van der Waals surface area contributed by atoms with Crippen LogP contribution in [0.25, 0.3) is 10.6 Å². The van der Waals surface area contributed by atoms with Crippen molar-refractivity contribution in [2.24, 2.45) is 0 Å². The van der Waals surface area contributed by atoms with Gasteiger partial charge < -0.3 is 4.74 Å². The fraction of sp³-hybridized carbons (Fsp3) is 0.286. The van der Waals surface area contributed by atoms with Crippen LogP contribution in [0.1, 0.15) is 20.3 Å². The number of benzene rings is 2. The fourth-order valence-corrected chi connectivity index (χ4v) is 5.18. The number of anilines is 2. The third-order valence-corrected chi connectivity index (χ3v) is 6.80. The van der Waals surface area contributed by atoms with Gasteiger partial charge in [0.15, 0.2) is 0 Å². The number of carbonyl (C=O) groups is 1. The van der Waals surface area contributed by atoms with E-state index >= 15 is 0 Å². The van der Waals surface area contributed by atoms with Gasteiger partial charge in [0.25, 0.3) is 0 Å². The van der Waals surface area contributed by atoms with Crippen LogP contribution in [0.2, 0.25) is 5.02 Å². The zero-order valence-corrected chi connectivity index (χ0v) is 20.2. The molecule has 170 valence electrons. The van der Waals surface area contributed by atoms with E-state index < -0.39 is 22.0 Å². The number of aromatic nitrogens is 2. The van der Waals surface area contributed by atoms with Crippen LogP contribution in [-0.2, 0) is 14.8 Å². The van der Waals surface area contributed by atoms with E-state index in [0.29, 0.717) is 28.1 Å². The van der Waals surface area contributed by atoms with Gasteiger partial charge in [-0.3, -0.25) is 14.4 Å².